The van der Waals surface area contributed by atoms with Gasteiger partial charge in [-0.3, -0.25) is 4.79 Å². The molecule has 0 unspecified atom stereocenters. The molecule has 0 spiro atoms. The van der Waals surface area contributed by atoms with Gasteiger partial charge < -0.3 is 24.5 Å². The molecule has 1 aromatic carbocycles. The third kappa shape index (κ3) is 5.53. The number of amides is 1. The summed E-state index contributed by atoms with van der Waals surface area (Å²) in [7, 11) is 0. The third-order valence-electron chi connectivity index (χ3n) is 3.83. The first-order valence-corrected chi connectivity index (χ1v) is 8.61. The predicted molar refractivity (Wildman–Crippen MR) is 98.2 cm³/mol. The molecule has 0 saturated carbocycles. The number of aryl methyl sites for hydroxylation is 1. The summed E-state index contributed by atoms with van der Waals surface area (Å²) in [6, 6.07) is 5.60. The summed E-state index contributed by atoms with van der Waals surface area (Å²) in [6.07, 6.45) is 0. The quantitative estimate of drug-likeness (QED) is 0.648. The molecule has 2 aromatic rings. The molecule has 0 saturated heterocycles. The minimum absolute atomic E-state index is 0.00495. The third-order valence-corrected chi connectivity index (χ3v) is 3.83. The van der Waals surface area contributed by atoms with Gasteiger partial charge in [0.1, 0.15) is 11.4 Å². The lowest BCUT2D eigenvalue weighted by Gasteiger charge is -2.11. The molecule has 0 radical (unpaired) electrons. The van der Waals surface area contributed by atoms with Crippen LogP contribution in [0.15, 0.2) is 24.3 Å². The topological polar surface area (TPSA) is 107 Å². The van der Waals surface area contributed by atoms with Crippen LogP contribution in [0.4, 0.5) is 14.5 Å². The van der Waals surface area contributed by atoms with E-state index < -0.39 is 31.1 Å². The van der Waals surface area contributed by atoms with Gasteiger partial charge in [-0.25, -0.2) is 9.59 Å². The van der Waals surface area contributed by atoms with Gasteiger partial charge in [-0.1, -0.05) is 12.1 Å². The fraction of sp³-hybridized carbons (Fsp3) is 0.316. The highest BCUT2D eigenvalue weighted by Crippen LogP contribution is 2.25. The van der Waals surface area contributed by atoms with Gasteiger partial charge in [0.15, 0.2) is 6.61 Å². The first-order valence-electron chi connectivity index (χ1n) is 8.61. The van der Waals surface area contributed by atoms with Crippen molar-refractivity contribution < 1.29 is 37.4 Å². The molecule has 1 amide bonds. The number of benzene rings is 1. The van der Waals surface area contributed by atoms with Crippen molar-refractivity contribution in [1.82, 2.24) is 4.98 Å². The first-order chi connectivity index (χ1) is 13.7. The molecule has 0 aliphatic rings. The minimum Gasteiger partial charge on any atom is -0.462 e. The summed E-state index contributed by atoms with van der Waals surface area (Å²) < 4.78 is 39.0. The van der Waals surface area contributed by atoms with Crippen LogP contribution < -0.4 is 10.1 Å². The summed E-state index contributed by atoms with van der Waals surface area (Å²) in [5, 5.41) is 2.33. The summed E-state index contributed by atoms with van der Waals surface area (Å²) in [6.45, 7) is 1.26. The zero-order valence-corrected chi connectivity index (χ0v) is 16.0. The molecule has 0 aliphatic carbocycles. The van der Waals surface area contributed by atoms with Crippen molar-refractivity contribution in [2.45, 2.75) is 27.4 Å². The summed E-state index contributed by atoms with van der Waals surface area (Å²) in [5.74, 6) is -2.41. The van der Waals surface area contributed by atoms with E-state index in [0.717, 1.165) is 0 Å². The Hall–Kier alpha value is -3.43. The Balaban J connectivity index is 2.02. The Bertz CT molecular complexity index is 910. The fourth-order valence-corrected chi connectivity index (χ4v) is 2.62. The van der Waals surface area contributed by atoms with Crippen LogP contribution in [0.2, 0.25) is 0 Å². The monoisotopic (exact) mass is 410 g/mol. The number of nitrogens with one attached hydrogen (secondary N) is 2. The number of para-hydroxylation sites is 2. The van der Waals surface area contributed by atoms with E-state index in [1.165, 1.54) is 24.3 Å². The second kappa shape index (κ2) is 9.67. The lowest BCUT2D eigenvalue weighted by molar-refractivity contribution is -0.119. The van der Waals surface area contributed by atoms with Crippen molar-refractivity contribution in [3.63, 3.8) is 0 Å². The van der Waals surface area contributed by atoms with E-state index in [2.05, 4.69) is 15.0 Å². The van der Waals surface area contributed by atoms with Crippen molar-refractivity contribution in [2.75, 3.05) is 18.5 Å². The Morgan fingerprint density at radius 2 is 1.79 bits per heavy atom. The molecule has 0 atom stereocenters. The zero-order valence-electron chi connectivity index (χ0n) is 16.0. The molecule has 29 heavy (non-hydrogen) atoms. The molecule has 156 valence electrons. The van der Waals surface area contributed by atoms with E-state index >= 15 is 0 Å². The highest BCUT2D eigenvalue weighted by molar-refractivity contribution is 6.00. The lowest BCUT2D eigenvalue weighted by Crippen LogP contribution is -2.22. The number of hydrogen-bond acceptors (Lipinski definition) is 6. The standard InChI is InChI=1S/C19H20F2N2O6/c1-4-27-17(25)15-10(2)16(22-11(15)3)18(26)28-9-14(24)23-12-7-5-6-8-13(12)29-19(20)21/h5-8,19,22H,4,9H2,1-3H3,(H,23,24). The van der Waals surface area contributed by atoms with E-state index in [4.69, 9.17) is 9.47 Å². The van der Waals surface area contributed by atoms with E-state index in [-0.39, 0.29) is 29.3 Å². The van der Waals surface area contributed by atoms with Crippen LogP contribution in [0.3, 0.4) is 0 Å². The number of aromatic amines is 1. The SMILES string of the molecule is CCOC(=O)c1c(C)[nH]c(C(=O)OCC(=O)Nc2ccccc2OC(F)F)c1C. The fourth-order valence-electron chi connectivity index (χ4n) is 2.62. The van der Waals surface area contributed by atoms with E-state index in [0.29, 0.717) is 11.3 Å². The van der Waals surface area contributed by atoms with Gasteiger partial charge in [0, 0.05) is 5.69 Å². The molecule has 0 fully saturated rings. The number of H-pyrrole nitrogens is 1. The smallest absolute Gasteiger partial charge is 0.387 e. The van der Waals surface area contributed by atoms with Crippen molar-refractivity contribution in [3.8, 4) is 5.75 Å². The van der Waals surface area contributed by atoms with Gasteiger partial charge >= 0.3 is 18.6 Å². The minimum atomic E-state index is -3.06. The molecule has 10 heteroatoms. The predicted octanol–water partition coefficient (Wildman–Crippen LogP) is 3.21. The van der Waals surface area contributed by atoms with Gasteiger partial charge in [-0.2, -0.15) is 8.78 Å². The van der Waals surface area contributed by atoms with Crippen molar-refractivity contribution in [3.05, 3.63) is 46.8 Å². The van der Waals surface area contributed by atoms with Crippen molar-refractivity contribution in [1.29, 1.82) is 0 Å². The van der Waals surface area contributed by atoms with Gasteiger partial charge in [0.05, 0.1) is 17.9 Å². The average molecular weight is 410 g/mol. The second-order valence-electron chi connectivity index (χ2n) is 5.84. The van der Waals surface area contributed by atoms with Crippen LogP contribution in [0.5, 0.6) is 5.75 Å². The maximum absolute atomic E-state index is 12.4. The van der Waals surface area contributed by atoms with Crippen molar-refractivity contribution in [2.24, 2.45) is 0 Å². The van der Waals surface area contributed by atoms with E-state index in [1.54, 1.807) is 20.8 Å². The molecule has 2 rings (SSSR count). The highest BCUT2D eigenvalue weighted by atomic mass is 19.3. The van der Waals surface area contributed by atoms with E-state index in [1.807, 2.05) is 0 Å². The first kappa shape index (κ1) is 21.9. The number of ether oxygens (including phenoxy) is 3. The lowest BCUT2D eigenvalue weighted by atomic mass is 10.1. The van der Waals surface area contributed by atoms with Gasteiger partial charge in [0.25, 0.3) is 5.91 Å². The number of alkyl halides is 2. The maximum atomic E-state index is 12.4. The van der Waals surface area contributed by atoms with Gasteiger partial charge in [-0.05, 0) is 38.5 Å². The molecule has 0 bridgehead atoms. The molecule has 2 N–H and O–H groups in total. The Labute approximate surface area is 165 Å². The van der Waals surface area contributed by atoms with Crippen LogP contribution in [0, 0.1) is 13.8 Å². The molecule has 1 heterocycles. The maximum Gasteiger partial charge on any atom is 0.387 e. The largest absolute Gasteiger partial charge is 0.462 e. The number of carbonyl (C=O) groups is 3. The summed E-state index contributed by atoms with van der Waals surface area (Å²) >= 11 is 0. The Kier molecular flexibility index (Phi) is 7.29. The van der Waals surface area contributed by atoms with Crippen molar-refractivity contribution >= 4 is 23.5 Å². The highest BCUT2D eigenvalue weighted by Gasteiger charge is 2.24. The van der Waals surface area contributed by atoms with Gasteiger partial charge in [0.2, 0.25) is 0 Å². The van der Waals surface area contributed by atoms with E-state index in [9.17, 15) is 23.2 Å². The summed E-state index contributed by atoms with van der Waals surface area (Å²) in [4.78, 5) is 39.0. The Morgan fingerprint density at radius 3 is 2.45 bits per heavy atom. The van der Waals surface area contributed by atoms with Crippen LogP contribution in [-0.4, -0.2) is 42.7 Å². The molecule has 8 nitrogen and oxygen atoms in total. The van der Waals surface area contributed by atoms with Crippen LogP contribution in [0.1, 0.15) is 39.0 Å². The normalized spacial score (nSPS) is 10.6. The Morgan fingerprint density at radius 1 is 1.10 bits per heavy atom. The number of hydrogen-bond donors (Lipinski definition) is 2. The second-order valence-corrected chi connectivity index (χ2v) is 5.84. The van der Waals surface area contributed by atoms with Crippen LogP contribution in [0.25, 0.3) is 0 Å². The molecule has 0 aliphatic heterocycles. The number of aromatic nitrogens is 1. The average Bonchev–Trinajstić information content (AvgIpc) is 2.95. The van der Waals surface area contributed by atoms with Crippen LogP contribution in [-0.2, 0) is 14.3 Å². The zero-order chi connectivity index (χ0) is 21.6. The number of rotatable bonds is 8. The molecule has 1 aromatic heterocycles. The number of carbonyl (C=O) groups excluding carboxylic acids is 3. The number of halogens is 2. The number of anilines is 1. The summed E-state index contributed by atoms with van der Waals surface area (Å²) in [5.41, 5.74) is 1.00. The molecular weight excluding hydrogens is 390 g/mol. The molecular formula is C19H20F2N2O6. The van der Waals surface area contributed by atoms with Crippen LogP contribution >= 0.6 is 0 Å². The number of esters is 2. The van der Waals surface area contributed by atoms with Gasteiger partial charge in [-0.15, -0.1) is 0 Å².